The van der Waals surface area contributed by atoms with Gasteiger partial charge in [-0.1, -0.05) is 30.3 Å². The zero-order valence-electron chi connectivity index (χ0n) is 9.94. The van der Waals surface area contributed by atoms with Crippen LogP contribution >= 0.6 is 15.9 Å². The molecule has 0 spiro atoms. The van der Waals surface area contributed by atoms with Gasteiger partial charge in [0.2, 0.25) is 5.91 Å². The highest BCUT2D eigenvalue weighted by Crippen LogP contribution is 2.27. The first-order valence-electron chi connectivity index (χ1n) is 5.64. The summed E-state index contributed by atoms with van der Waals surface area (Å²) < 4.78 is 14.5. The van der Waals surface area contributed by atoms with E-state index in [1.54, 1.807) is 18.2 Å². The van der Waals surface area contributed by atoms with Crippen LogP contribution in [0.15, 0.2) is 53.0 Å². The number of carbonyl (C=O) groups is 1. The van der Waals surface area contributed by atoms with Crippen molar-refractivity contribution in [3.63, 3.8) is 0 Å². The van der Waals surface area contributed by atoms with Crippen LogP contribution in [0.2, 0.25) is 0 Å². The van der Waals surface area contributed by atoms with Gasteiger partial charge in [0.25, 0.3) is 0 Å². The lowest BCUT2D eigenvalue weighted by Gasteiger charge is -2.18. The summed E-state index contributed by atoms with van der Waals surface area (Å²) in [5, 5.41) is 2.94. The summed E-state index contributed by atoms with van der Waals surface area (Å²) >= 11 is 3.36. The van der Waals surface area contributed by atoms with Crippen molar-refractivity contribution < 1.29 is 9.18 Å². The van der Waals surface area contributed by atoms with Crippen LogP contribution in [0.25, 0.3) is 0 Å². The molecular formula is C14H12BrFN2O. The second-order valence-electron chi connectivity index (χ2n) is 3.98. The number of amides is 1. The zero-order chi connectivity index (χ0) is 13.8. The number of nitrogens with two attached hydrogens (primary N) is 1. The Labute approximate surface area is 118 Å². The Hall–Kier alpha value is -1.88. The van der Waals surface area contributed by atoms with E-state index < -0.39 is 17.8 Å². The molecule has 0 aliphatic rings. The first kappa shape index (κ1) is 13.5. The average molecular weight is 323 g/mol. The highest BCUT2D eigenvalue weighted by Gasteiger charge is 2.21. The molecule has 98 valence electrons. The maximum atomic E-state index is 13.7. The van der Waals surface area contributed by atoms with E-state index in [2.05, 4.69) is 21.2 Å². The van der Waals surface area contributed by atoms with E-state index in [4.69, 9.17) is 5.73 Å². The predicted octanol–water partition coefficient (Wildman–Crippen LogP) is 3.23. The van der Waals surface area contributed by atoms with Gasteiger partial charge in [0.05, 0.1) is 0 Å². The van der Waals surface area contributed by atoms with Crippen molar-refractivity contribution in [2.75, 3.05) is 5.32 Å². The molecule has 1 amide bonds. The van der Waals surface area contributed by atoms with E-state index in [9.17, 15) is 9.18 Å². The summed E-state index contributed by atoms with van der Waals surface area (Å²) in [7, 11) is 0. The summed E-state index contributed by atoms with van der Waals surface area (Å²) in [4.78, 5) is 11.5. The van der Waals surface area contributed by atoms with Crippen molar-refractivity contribution in [3.05, 3.63) is 64.4 Å². The van der Waals surface area contributed by atoms with Crippen LogP contribution in [0, 0.1) is 5.82 Å². The fourth-order valence-corrected chi connectivity index (χ4v) is 2.14. The maximum absolute atomic E-state index is 13.7. The number of benzene rings is 2. The Bertz CT molecular complexity index is 604. The molecule has 19 heavy (non-hydrogen) atoms. The fraction of sp³-hybridized carbons (Fsp3) is 0.0714. The van der Waals surface area contributed by atoms with Gasteiger partial charge in [0.15, 0.2) is 0 Å². The predicted molar refractivity (Wildman–Crippen MR) is 76.1 cm³/mol. The molecule has 2 aromatic rings. The van der Waals surface area contributed by atoms with Gasteiger partial charge in [-0.05, 0) is 34.1 Å². The molecular weight excluding hydrogens is 311 g/mol. The van der Waals surface area contributed by atoms with Crippen molar-refractivity contribution in [3.8, 4) is 0 Å². The standard InChI is InChI=1S/C14H12BrFN2O/c15-10-6-2-4-8-12(10)18-13(14(17)19)9-5-1-3-7-11(9)16/h1-8,13,18H,(H2,17,19). The lowest BCUT2D eigenvalue weighted by molar-refractivity contribution is -0.118. The minimum atomic E-state index is -0.917. The van der Waals surface area contributed by atoms with Gasteiger partial charge < -0.3 is 11.1 Å². The number of rotatable bonds is 4. The van der Waals surface area contributed by atoms with Crippen LogP contribution in [0.3, 0.4) is 0 Å². The zero-order valence-corrected chi connectivity index (χ0v) is 11.5. The number of halogens is 2. The third kappa shape index (κ3) is 3.12. The first-order valence-corrected chi connectivity index (χ1v) is 6.43. The number of para-hydroxylation sites is 1. The van der Waals surface area contributed by atoms with Crippen molar-refractivity contribution >= 4 is 27.5 Å². The Morgan fingerprint density at radius 3 is 2.42 bits per heavy atom. The van der Waals surface area contributed by atoms with Gasteiger partial charge >= 0.3 is 0 Å². The molecule has 0 saturated carbocycles. The molecule has 2 aromatic carbocycles. The molecule has 0 fully saturated rings. The monoisotopic (exact) mass is 322 g/mol. The first-order chi connectivity index (χ1) is 9.09. The molecule has 5 heteroatoms. The molecule has 0 aromatic heterocycles. The van der Waals surface area contributed by atoms with Gasteiger partial charge in [0.1, 0.15) is 11.9 Å². The van der Waals surface area contributed by atoms with Crippen LogP contribution in [-0.2, 0) is 4.79 Å². The van der Waals surface area contributed by atoms with E-state index >= 15 is 0 Å². The van der Waals surface area contributed by atoms with E-state index in [0.29, 0.717) is 5.69 Å². The topological polar surface area (TPSA) is 55.1 Å². The van der Waals surface area contributed by atoms with Crippen LogP contribution in [0.4, 0.5) is 10.1 Å². The van der Waals surface area contributed by atoms with E-state index in [1.807, 2.05) is 18.2 Å². The highest BCUT2D eigenvalue weighted by molar-refractivity contribution is 9.10. The van der Waals surface area contributed by atoms with E-state index in [0.717, 1.165) is 4.47 Å². The number of primary amides is 1. The molecule has 0 bridgehead atoms. The quantitative estimate of drug-likeness (QED) is 0.908. The number of anilines is 1. The number of carbonyl (C=O) groups excluding carboxylic acids is 1. The highest BCUT2D eigenvalue weighted by atomic mass is 79.9. The molecule has 0 heterocycles. The maximum Gasteiger partial charge on any atom is 0.244 e. The molecule has 0 aliphatic heterocycles. The molecule has 1 atom stereocenters. The Morgan fingerprint density at radius 1 is 1.16 bits per heavy atom. The lowest BCUT2D eigenvalue weighted by Crippen LogP contribution is -2.28. The van der Waals surface area contributed by atoms with Crippen LogP contribution in [-0.4, -0.2) is 5.91 Å². The fourth-order valence-electron chi connectivity index (χ4n) is 1.75. The molecule has 2 rings (SSSR count). The van der Waals surface area contributed by atoms with Gasteiger partial charge in [-0.15, -0.1) is 0 Å². The average Bonchev–Trinajstić information content (AvgIpc) is 2.38. The van der Waals surface area contributed by atoms with Gasteiger partial charge in [-0.3, -0.25) is 4.79 Å². The minimum Gasteiger partial charge on any atom is -0.369 e. The van der Waals surface area contributed by atoms with E-state index in [-0.39, 0.29) is 5.56 Å². The number of hydrogen-bond acceptors (Lipinski definition) is 2. The smallest absolute Gasteiger partial charge is 0.244 e. The Balaban J connectivity index is 2.35. The lowest BCUT2D eigenvalue weighted by atomic mass is 10.1. The summed E-state index contributed by atoms with van der Waals surface area (Å²) in [6.07, 6.45) is 0. The molecule has 0 saturated heterocycles. The minimum absolute atomic E-state index is 0.228. The summed E-state index contributed by atoms with van der Waals surface area (Å²) in [5.74, 6) is -1.10. The van der Waals surface area contributed by atoms with Gasteiger partial charge in [-0.2, -0.15) is 0 Å². The van der Waals surface area contributed by atoms with Gasteiger partial charge in [-0.25, -0.2) is 4.39 Å². The third-order valence-electron chi connectivity index (χ3n) is 2.67. The normalized spacial score (nSPS) is 11.9. The molecule has 3 N–H and O–H groups in total. The molecule has 3 nitrogen and oxygen atoms in total. The molecule has 1 unspecified atom stereocenters. The third-order valence-corrected chi connectivity index (χ3v) is 3.37. The Morgan fingerprint density at radius 2 is 1.79 bits per heavy atom. The Kier molecular flexibility index (Phi) is 4.16. The van der Waals surface area contributed by atoms with Crippen molar-refractivity contribution in [1.29, 1.82) is 0 Å². The van der Waals surface area contributed by atoms with Crippen LogP contribution in [0.1, 0.15) is 11.6 Å². The molecule has 0 aliphatic carbocycles. The summed E-state index contributed by atoms with van der Waals surface area (Å²) in [6, 6.07) is 12.4. The van der Waals surface area contributed by atoms with Crippen molar-refractivity contribution in [1.82, 2.24) is 0 Å². The second-order valence-corrected chi connectivity index (χ2v) is 4.84. The second kappa shape index (κ2) is 5.84. The SMILES string of the molecule is NC(=O)C(Nc1ccccc1Br)c1ccccc1F. The number of nitrogens with one attached hydrogen (secondary N) is 1. The van der Waals surface area contributed by atoms with Crippen LogP contribution < -0.4 is 11.1 Å². The van der Waals surface area contributed by atoms with Crippen LogP contribution in [0.5, 0.6) is 0 Å². The largest absolute Gasteiger partial charge is 0.369 e. The number of hydrogen-bond donors (Lipinski definition) is 2. The van der Waals surface area contributed by atoms with Crippen molar-refractivity contribution in [2.24, 2.45) is 5.73 Å². The van der Waals surface area contributed by atoms with E-state index in [1.165, 1.54) is 12.1 Å². The summed E-state index contributed by atoms with van der Waals surface area (Å²) in [5.41, 5.74) is 6.26. The van der Waals surface area contributed by atoms with Crippen molar-refractivity contribution in [2.45, 2.75) is 6.04 Å². The summed E-state index contributed by atoms with van der Waals surface area (Å²) in [6.45, 7) is 0. The molecule has 0 radical (unpaired) electrons. The van der Waals surface area contributed by atoms with Gasteiger partial charge in [0, 0.05) is 15.7 Å².